The fraction of sp³-hybridized carbons (Fsp3) is 0.0667. The number of primary amides is 1. The van der Waals surface area contributed by atoms with E-state index in [0.717, 1.165) is 0 Å². The number of rotatable bonds is 4. The first-order valence-electron chi connectivity index (χ1n) is 6.24. The highest BCUT2D eigenvalue weighted by Gasteiger charge is 2.12. The highest BCUT2D eigenvalue weighted by atomic mass is 35.5. The third kappa shape index (κ3) is 3.95. The number of benzene rings is 2. The molecule has 0 bridgehead atoms. The van der Waals surface area contributed by atoms with Crippen LogP contribution in [0.1, 0.15) is 15.9 Å². The van der Waals surface area contributed by atoms with E-state index in [4.69, 9.17) is 22.1 Å². The van der Waals surface area contributed by atoms with E-state index in [1.165, 1.54) is 30.3 Å². The van der Waals surface area contributed by atoms with Crippen LogP contribution < -0.4 is 11.1 Å². The molecule has 0 saturated heterocycles. The smallest absolute Gasteiger partial charge is 0.338 e. The SMILES string of the molecule is NC(=O)Nc1cccc(C(=O)OCc2c(F)cccc2Cl)c1. The number of anilines is 1. The average Bonchev–Trinajstić information content (AvgIpc) is 2.46. The molecule has 2 aromatic rings. The first kappa shape index (κ1) is 15.8. The molecule has 3 N–H and O–H groups in total. The van der Waals surface area contributed by atoms with Crippen LogP contribution in [0, 0.1) is 5.82 Å². The molecular formula is C15H12ClFN2O3. The van der Waals surface area contributed by atoms with Crippen molar-refractivity contribution in [1.29, 1.82) is 0 Å². The van der Waals surface area contributed by atoms with E-state index < -0.39 is 17.8 Å². The maximum atomic E-state index is 13.6. The summed E-state index contributed by atoms with van der Waals surface area (Å²) < 4.78 is 18.6. The van der Waals surface area contributed by atoms with E-state index in [2.05, 4.69) is 5.32 Å². The number of nitrogens with two attached hydrogens (primary N) is 1. The van der Waals surface area contributed by atoms with Crippen LogP contribution in [0.4, 0.5) is 14.9 Å². The van der Waals surface area contributed by atoms with Gasteiger partial charge in [-0.15, -0.1) is 0 Å². The Bertz CT molecular complexity index is 701. The highest BCUT2D eigenvalue weighted by molar-refractivity contribution is 6.31. The van der Waals surface area contributed by atoms with Crippen molar-refractivity contribution < 1.29 is 18.7 Å². The van der Waals surface area contributed by atoms with Gasteiger partial charge in [0, 0.05) is 11.3 Å². The van der Waals surface area contributed by atoms with Gasteiger partial charge in [0.25, 0.3) is 0 Å². The van der Waals surface area contributed by atoms with E-state index in [9.17, 15) is 14.0 Å². The molecule has 0 fully saturated rings. The Morgan fingerprint density at radius 3 is 2.64 bits per heavy atom. The summed E-state index contributed by atoms with van der Waals surface area (Å²) in [4.78, 5) is 22.7. The van der Waals surface area contributed by atoms with E-state index in [1.807, 2.05) is 0 Å². The van der Waals surface area contributed by atoms with Gasteiger partial charge in [0.15, 0.2) is 0 Å². The Balaban J connectivity index is 2.08. The molecule has 22 heavy (non-hydrogen) atoms. The van der Waals surface area contributed by atoms with Gasteiger partial charge in [-0.3, -0.25) is 0 Å². The van der Waals surface area contributed by atoms with E-state index >= 15 is 0 Å². The lowest BCUT2D eigenvalue weighted by molar-refractivity contribution is 0.0469. The monoisotopic (exact) mass is 322 g/mol. The van der Waals surface area contributed by atoms with Crippen molar-refractivity contribution in [3.63, 3.8) is 0 Å². The molecular weight excluding hydrogens is 311 g/mol. The summed E-state index contributed by atoms with van der Waals surface area (Å²) >= 11 is 5.85. The summed E-state index contributed by atoms with van der Waals surface area (Å²) in [7, 11) is 0. The quantitative estimate of drug-likeness (QED) is 0.847. The normalized spacial score (nSPS) is 10.1. The molecule has 5 nitrogen and oxygen atoms in total. The zero-order valence-electron chi connectivity index (χ0n) is 11.3. The molecule has 114 valence electrons. The summed E-state index contributed by atoms with van der Waals surface area (Å²) in [6.45, 7) is -0.294. The third-order valence-electron chi connectivity index (χ3n) is 2.78. The Hall–Kier alpha value is -2.60. The zero-order valence-corrected chi connectivity index (χ0v) is 12.1. The van der Waals surface area contributed by atoms with Crippen LogP contribution in [0.15, 0.2) is 42.5 Å². The molecule has 0 saturated carbocycles. The molecule has 0 aliphatic rings. The van der Waals surface area contributed by atoms with Crippen LogP contribution >= 0.6 is 11.6 Å². The van der Waals surface area contributed by atoms with Gasteiger partial charge in [0.1, 0.15) is 12.4 Å². The molecule has 7 heteroatoms. The maximum absolute atomic E-state index is 13.6. The summed E-state index contributed by atoms with van der Waals surface area (Å²) in [5.41, 5.74) is 5.64. The van der Waals surface area contributed by atoms with E-state index in [-0.39, 0.29) is 22.8 Å². The first-order chi connectivity index (χ1) is 10.5. The standard InChI is InChI=1S/C15H12ClFN2O3/c16-12-5-2-6-13(17)11(12)8-22-14(20)9-3-1-4-10(7-9)19-15(18)21/h1-7H,8H2,(H3,18,19,21). The number of nitrogens with one attached hydrogen (secondary N) is 1. The van der Waals surface area contributed by atoms with Gasteiger partial charge in [0.05, 0.1) is 10.6 Å². The zero-order chi connectivity index (χ0) is 16.1. The lowest BCUT2D eigenvalue weighted by Gasteiger charge is -2.08. The molecule has 0 unspecified atom stereocenters. The molecule has 2 aromatic carbocycles. The van der Waals surface area contributed by atoms with Gasteiger partial charge in [-0.05, 0) is 30.3 Å². The minimum Gasteiger partial charge on any atom is -0.457 e. The van der Waals surface area contributed by atoms with Gasteiger partial charge >= 0.3 is 12.0 Å². The van der Waals surface area contributed by atoms with Gasteiger partial charge < -0.3 is 15.8 Å². The van der Waals surface area contributed by atoms with Crippen LogP contribution in [-0.4, -0.2) is 12.0 Å². The lowest BCUT2D eigenvalue weighted by Crippen LogP contribution is -2.19. The molecule has 2 amide bonds. The molecule has 0 aliphatic heterocycles. The lowest BCUT2D eigenvalue weighted by atomic mass is 10.2. The summed E-state index contributed by atoms with van der Waals surface area (Å²) in [6.07, 6.45) is 0. The van der Waals surface area contributed by atoms with Crippen molar-refractivity contribution in [2.75, 3.05) is 5.32 Å². The van der Waals surface area contributed by atoms with Gasteiger partial charge in [-0.1, -0.05) is 23.7 Å². The second-order valence-electron chi connectivity index (χ2n) is 4.35. The number of urea groups is 1. The fourth-order valence-corrected chi connectivity index (χ4v) is 1.98. The first-order valence-corrected chi connectivity index (χ1v) is 6.61. The predicted molar refractivity (Wildman–Crippen MR) is 80.2 cm³/mol. The minimum absolute atomic E-state index is 0.101. The predicted octanol–water partition coefficient (Wildman–Crippen LogP) is 3.33. The van der Waals surface area contributed by atoms with Gasteiger partial charge in [-0.2, -0.15) is 0 Å². The molecule has 0 spiro atoms. The number of ether oxygens (including phenoxy) is 1. The molecule has 0 aromatic heterocycles. The molecule has 0 aliphatic carbocycles. The Kier molecular flexibility index (Phi) is 4.95. The minimum atomic E-state index is -0.747. The van der Waals surface area contributed by atoms with Crippen molar-refractivity contribution in [1.82, 2.24) is 0 Å². The number of halogens is 2. The molecule has 0 radical (unpaired) electrons. The summed E-state index contributed by atoms with van der Waals surface area (Å²) in [5.74, 6) is -1.23. The van der Waals surface area contributed by atoms with Crippen LogP contribution in [-0.2, 0) is 11.3 Å². The van der Waals surface area contributed by atoms with Crippen molar-refractivity contribution in [3.05, 3.63) is 64.4 Å². The van der Waals surface area contributed by atoms with Crippen LogP contribution in [0.3, 0.4) is 0 Å². The number of esters is 1. The maximum Gasteiger partial charge on any atom is 0.338 e. The highest BCUT2D eigenvalue weighted by Crippen LogP contribution is 2.20. The third-order valence-corrected chi connectivity index (χ3v) is 3.13. The summed E-state index contributed by atoms with van der Waals surface area (Å²) in [6, 6.07) is 9.46. The number of hydrogen-bond donors (Lipinski definition) is 2. The van der Waals surface area contributed by atoms with E-state index in [1.54, 1.807) is 12.1 Å². The Labute approximate surface area is 130 Å². The van der Waals surface area contributed by atoms with Crippen molar-refractivity contribution >= 4 is 29.3 Å². The second-order valence-corrected chi connectivity index (χ2v) is 4.75. The number of amides is 2. The van der Waals surface area contributed by atoms with Crippen LogP contribution in [0.5, 0.6) is 0 Å². The van der Waals surface area contributed by atoms with Crippen molar-refractivity contribution in [2.24, 2.45) is 5.73 Å². The van der Waals surface area contributed by atoms with E-state index in [0.29, 0.717) is 5.69 Å². The molecule has 2 rings (SSSR count). The van der Waals surface area contributed by atoms with Crippen LogP contribution in [0.2, 0.25) is 5.02 Å². The number of carbonyl (C=O) groups excluding carboxylic acids is 2. The summed E-state index contributed by atoms with van der Waals surface area (Å²) in [5, 5.41) is 2.52. The van der Waals surface area contributed by atoms with Gasteiger partial charge in [0.2, 0.25) is 0 Å². The van der Waals surface area contributed by atoms with Crippen molar-refractivity contribution in [3.8, 4) is 0 Å². The second kappa shape index (κ2) is 6.91. The Morgan fingerprint density at radius 1 is 1.23 bits per heavy atom. The van der Waals surface area contributed by atoms with Gasteiger partial charge in [-0.25, -0.2) is 14.0 Å². The molecule has 0 heterocycles. The van der Waals surface area contributed by atoms with Crippen LogP contribution in [0.25, 0.3) is 0 Å². The molecule has 0 atom stereocenters. The number of hydrogen-bond acceptors (Lipinski definition) is 3. The number of carbonyl (C=O) groups is 2. The van der Waals surface area contributed by atoms with Crippen molar-refractivity contribution in [2.45, 2.75) is 6.61 Å². The topological polar surface area (TPSA) is 81.4 Å². The largest absolute Gasteiger partial charge is 0.457 e. The average molecular weight is 323 g/mol. The Morgan fingerprint density at radius 2 is 1.95 bits per heavy atom. The fourth-order valence-electron chi connectivity index (χ4n) is 1.76.